The fourth-order valence-electron chi connectivity index (χ4n) is 2.46. The number of aryl methyl sites for hydroxylation is 3. The van der Waals surface area contributed by atoms with E-state index in [2.05, 4.69) is 20.6 Å². The molecule has 0 saturated carbocycles. The molecule has 6 nitrogen and oxygen atoms in total. The molecule has 27 heavy (non-hydrogen) atoms. The highest BCUT2D eigenvalue weighted by atomic mass is 16.2. The molecule has 0 bridgehead atoms. The van der Waals surface area contributed by atoms with Gasteiger partial charge in [-0.2, -0.15) is 4.98 Å². The standard InChI is InChI=1S/C21H20N4O2/c1-13-4-8-16(9-5-13)19(26)23-18-12-15(3)22-21(24-18)25-20(27)17-10-6-14(2)7-11-17/h4-12H,1-3H3,(H2,22,23,24,25,26,27). The predicted molar refractivity (Wildman–Crippen MR) is 105 cm³/mol. The van der Waals surface area contributed by atoms with E-state index in [1.54, 1.807) is 37.3 Å². The molecule has 0 aliphatic rings. The fourth-order valence-corrected chi connectivity index (χ4v) is 2.46. The van der Waals surface area contributed by atoms with Crippen LogP contribution in [-0.4, -0.2) is 21.8 Å². The lowest BCUT2D eigenvalue weighted by atomic mass is 10.1. The van der Waals surface area contributed by atoms with Gasteiger partial charge >= 0.3 is 0 Å². The molecule has 0 fully saturated rings. The monoisotopic (exact) mass is 360 g/mol. The minimum Gasteiger partial charge on any atom is -0.306 e. The van der Waals surface area contributed by atoms with Gasteiger partial charge in [0.1, 0.15) is 5.82 Å². The number of amides is 2. The van der Waals surface area contributed by atoms with Gasteiger partial charge in [-0.3, -0.25) is 14.9 Å². The summed E-state index contributed by atoms with van der Waals surface area (Å²) in [6, 6.07) is 16.1. The summed E-state index contributed by atoms with van der Waals surface area (Å²) >= 11 is 0. The van der Waals surface area contributed by atoms with Crippen molar-refractivity contribution in [1.29, 1.82) is 0 Å². The molecular weight excluding hydrogens is 340 g/mol. The second-order valence-corrected chi connectivity index (χ2v) is 6.36. The van der Waals surface area contributed by atoms with Crippen LogP contribution in [0.4, 0.5) is 11.8 Å². The number of nitrogens with zero attached hydrogens (tertiary/aromatic N) is 2. The van der Waals surface area contributed by atoms with Gasteiger partial charge in [0.25, 0.3) is 11.8 Å². The first-order valence-electron chi connectivity index (χ1n) is 8.52. The molecule has 1 heterocycles. The average Bonchev–Trinajstić information content (AvgIpc) is 2.62. The van der Waals surface area contributed by atoms with Gasteiger partial charge in [-0.1, -0.05) is 35.4 Å². The molecular formula is C21H20N4O2. The highest BCUT2D eigenvalue weighted by molar-refractivity contribution is 6.05. The molecule has 136 valence electrons. The number of rotatable bonds is 4. The summed E-state index contributed by atoms with van der Waals surface area (Å²) in [6.07, 6.45) is 0. The van der Waals surface area contributed by atoms with Gasteiger partial charge in [-0.15, -0.1) is 0 Å². The minimum atomic E-state index is -0.309. The van der Waals surface area contributed by atoms with Crippen LogP contribution in [0.2, 0.25) is 0 Å². The second-order valence-electron chi connectivity index (χ2n) is 6.36. The van der Waals surface area contributed by atoms with Gasteiger partial charge in [0.15, 0.2) is 0 Å². The van der Waals surface area contributed by atoms with Crippen LogP contribution in [-0.2, 0) is 0 Å². The lowest BCUT2D eigenvalue weighted by Gasteiger charge is -2.09. The van der Waals surface area contributed by atoms with Gasteiger partial charge in [-0.05, 0) is 45.0 Å². The molecule has 2 aromatic carbocycles. The number of hydrogen-bond donors (Lipinski definition) is 2. The Bertz CT molecular complexity index is 902. The Morgan fingerprint density at radius 2 is 1.19 bits per heavy atom. The third-order valence-corrected chi connectivity index (χ3v) is 3.95. The van der Waals surface area contributed by atoms with Crippen molar-refractivity contribution in [3.05, 3.63) is 82.5 Å². The molecule has 0 radical (unpaired) electrons. The highest BCUT2D eigenvalue weighted by Gasteiger charge is 2.11. The Morgan fingerprint density at radius 3 is 1.70 bits per heavy atom. The van der Waals surface area contributed by atoms with E-state index in [-0.39, 0.29) is 17.8 Å². The average molecular weight is 360 g/mol. The van der Waals surface area contributed by atoms with Crippen molar-refractivity contribution in [2.24, 2.45) is 0 Å². The Balaban J connectivity index is 1.75. The summed E-state index contributed by atoms with van der Waals surface area (Å²) < 4.78 is 0. The lowest BCUT2D eigenvalue weighted by Crippen LogP contribution is -2.17. The molecule has 0 atom stereocenters. The molecule has 2 amide bonds. The Kier molecular flexibility index (Phi) is 5.26. The number of aromatic nitrogens is 2. The zero-order valence-electron chi connectivity index (χ0n) is 15.4. The van der Waals surface area contributed by atoms with Gasteiger partial charge in [-0.25, -0.2) is 4.98 Å². The van der Waals surface area contributed by atoms with Gasteiger partial charge in [0.2, 0.25) is 5.95 Å². The maximum Gasteiger partial charge on any atom is 0.258 e. The van der Waals surface area contributed by atoms with Gasteiger partial charge in [0, 0.05) is 22.9 Å². The Morgan fingerprint density at radius 1 is 0.704 bits per heavy atom. The summed E-state index contributed by atoms with van der Waals surface area (Å²) in [7, 11) is 0. The maximum atomic E-state index is 12.4. The highest BCUT2D eigenvalue weighted by Crippen LogP contribution is 2.13. The van der Waals surface area contributed by atoms with Crippen LogP contribution < -0.4 is 10.6 Å². The number of anilines is 2. The SMILES string of the molecule is Cc1ccc(C(=O)Nc2cc(C)nc(NC(=O)c3ccc(C)cc3)n2)cc1. The maximum absolute atomic E-state index is 12.4. The third-order valence-electron chi connectivity index (χ3n) is 3.95. The van der Waals surface area contributed by atoms with Crippen LogP contribution in [0.3, 0.4) is 0 Å². The first-order chi connectivity index (χ1) is 12.9. The van der Waals surface area contributed by atoms with Gasteiger partial charge in [0.05, 0.1) is 0 Å². The zero-order valence-corrected chi connectivity index (χ0v) is 15.4. The molecule has 3 aromatic rings. The summed E-state index contributed by atoms with van der Waals surface area (Å²) in [6.45, 7) is 5.68. The summed E-state index contributed by atoms with van der Waals surface area (Å²) in [5.41, 5.74) is 3.81. The zero-order chi connectivity index (χ0) is 19.4. The predicted octanol–water partition coefficient (Wildman–Crippen LogP) is 3.91. The van der Waals surface area contributed by atoms with Crippen LogP contribution in [0.5, 0.6) is 0 Å². The smallest absolute Gasteiger partial charge is 0.258 e. The van der Waals surface area contributed by atoms with Crippen molar-refractivity contribution in [3.8, 4) is 0 Å². The third kappa shape index (κ3) is 4.76. The normalized spacial score (nSPS) is 10.3. The summed E-state index contributed by atoms with van der Waals surface area (Å²) in [5.74, 6) is -0.118. The van der Waals surface area contributed by atoms with Crippen molar-refractivity contribution in [2.45, 2.75) is 20.8 Å². The number of benzene rings is 2. The van der Waals surface area contributed by atoms with E-state index >= 15 is 0 Å². The van der Waals surface area contributed by atoms with Crippen molar-refractivity contribution in [3.63, 3.8) is 0 Å². The van der Waals surface area contributed by atoms with E-state index in [1.165, 1.54) is 0 Å². The second kappa shape index (κ2) is 7.78. The first kappa shape index (κ1) is 18.3. The van der Waals surface area contributed by atoms with Crippen molar-refractivity contribution >= 4 is 23.6 Å². The summed E-state index contributed by atoms with van der Waals surface area (Å²) in [5, 5.41) is 5.40. The number of hydrogen-bond acceptors (Lipinski definition) is 4. The first-order valence-corrected chi connectivity index (χ1v) is 8.52. The van der Waals surface area contributed by atoms with E-state index in [1.807, 2.05) is 38.1 Å². The largest absolute Gasteiger partial charge is 0.306 e. The molecule has 3 rings (SSSR count). The van der Waals surface area contributed by atoms with Crippen molar-refractivity contribution in [2.75, 3.05) is 10.6 Å². The van der Waals surface area contributed by atoms with E-state index in [0.29, 0.717) is 22.6 Å². The van der Waals surface area contributed by atoms with Crippen LogP contribution in [0.15, 0.2) is 54.6 Å². The molecule has 0 aliphatic heterocycles. The fraction of sp³-hybridized carbons (Fsp3) is 0.143. The van der Waals surface area contributed by atoms with E-state index in [4.69, 9.17) is 0 Å². The molecule has 2 N–H and O–H groups in total. The molecule has 0 saturated heterocycles. The van der Waals surface area contributed by atoms with Crippen molar-refractivity contribution < 1.29 is 9.59 Å². The van der Waals surface area contributed by atoms with Crippen LogP contribution >= 0.6 is 0 Å². The molecule has 0 spiro atoms. The number of carbonyl (C=O) groups excluding carboxylic acids is 2. The molecule has 6 heteroatoms. The lowest BCUT2D eigenvalue weighted by molar-refractivity contribution is 0.101. The van der Waals surface area contributed by atoms with E-state index in [0.717, 1.165) is 11.1 Å². The molecule has 1 aromatic heterocycles. The van der Waals surface area contributed by atoms with Crippen LogP contribution in [0, 0.1) is 20.8 Å². The summed E-state index contributed by atoms with van der Waals surface area (Å²) in [4.78, 5) is 33.1. The minimum absolute atomic E-state index is 0.139. The quantitative estimate of drug-likeness (QED) is 0.739. The van der Waals surface area contributed by atoms with Crippen LogP contribution in [0.1, 0.15) is 37.5 Å². The van der Waals surface area contributed by atoms with Crippen LogP contribution in [0.25, 0.3) is 0 Å². The topological polar surface area (TPSA) is 84.0 Å². The van der Waals surface area contributed by atoms with Gasteiger partial charge < -0.3 is 5.32 Å². The molecule has 0 aliphatic carbocycles. The Hall–Kier alpha value is -3.54. The Labute approximate surface area is 157 Å². The van der Waals surface area contributed by atoms with Crippen molar-refractivity contribution in [1.82, 2.24) is 9.97 Å². The van der Waals surface area contributed by atoms with E-state index in [9.17, 15) is 9.59 Å². The van der Waals surface area contributed by atoms with E-state index < -0.39 is 0 Å². The number of carbonyl (C=O) groups is 2. The molecule has 0 unspecified atom stereocenters. The number of nitrogens with one attached hydrogen (secondary N) is 2.